The lowest BCUT2D eigenvalue weighted by Crippen LogP contribution is -2.22. The van der Waals surface area contributed by atoms with E-state index < -0.39 is 0 Å². The number of thiazole rings is 1. The fourth-order valence-corrected chi connectivity index (χ4v) is 4.97. The molecular weight excluding hydrogens is 380 g/mol. The van der Waals surface area contributed by atoms with Gasteiger partial charge in [-0.25, -0.2) is 4.98 Å². The second kappa shape index (κ2) is 8.84. The molecule has 1 N–H and O–H groups in total. The van der Waals surface area contributed by atoms with Crippen molar-refractivity contribution in [2.24, 2.45) is 0 Å². The summed E-state index contributed by atoms with van der Waals surface area (Å²) in [5.74, 6) is -0.0730. The third-order valence-electron chi connectivity index (χ3n) is 5.28. The second-order valence-corrected chi connectivity index (χ2v) is 8.74. The summed E-state index contributed by atoms with van der Waals surface area (Å²) >= 11 is 1.59. The lowest BCUT2D eigenvalue weighted by atomic mass is 10.0. The van der Waals surface area contributed by atoms with Gasteiger partial charge >= 0.3 is 0 Å². The quantitative estimate of drug-likeness (QED) is 0.643. The normalized spacial score (nSPS) is 16.8. The van der Waals surface area contributed by atoms with Crippen molar-refractivity contribution < 1.29 is 4.79 Å². The predicted octanol–water partition coefficient (Wildman–Crippen LogP) is 4.73. The Morgan fingerprint density at radius 2 is 1.97 bits per heavy atom. The number of nitrogens with one attached hydrogen (secondary N) is 1. The Bertz CT molecular complexity index is 983. The molecular formula is C23H26N4OS. The number of carbonyl (C=O) groups is 1. The molecule has 150 valence electrons. The zero-order valence-corrected chi connectivity index (χ0v) is 17.7. The number of nitrogens with zero attached hydrogens (tertiary/aromatic N) is 3. The van der Waals surface area contributed by atoms with Crippen LogP contribution in [-0.4, -0.2) is 27.3 Å². The van der Waals surface area contributed by atoms with E-state index in [0.717, 1.165) is 31.6 Å². The molecule has 0 bridgehead atoms. The smallest absolute Gasteiger partial charge is 0.223 e. The Morgan fingerprint density at radius 1 is 1.17 bits per heavy atom. The van der Waals surface area contributed by atoms with Crippen molar-refractivity contribution in [2.75, 3.05) is 11.9 Å². The third kappa shape index (κ3) is 5.08. The van der Waals surface area contributed by atoms with Crippen molar-refractivity contribution >= 4 is 22.4 Å². The van der Waals surface area contributed by atoms with Gasteiger partial charge in [0.1, 0.15) is 0 Å². The highest BCUT2D eigenvalue weighted by Crippen LogP contribution is 2.37. The van der Waals surface area contributed by atoms with Crippen LogP contribution in [0.1, 0.15) is 53.1 Å². The SMILES string of the molecule is CC(=O)Nc1ncc([C@H]2CCCN2Cc2ccc(Cc3ccnc(C)c3)cc2)s1. The van der Waals surface area contributed by atoms with E-state index in [1.54, 1.807) is 11.3 Å². The number of hydrogen-bond acceptors (Lipinski definition) is 5. The summed E-state index contributed by atoms with van der Waals surface area (Å²) in [5, 5.41) is 3.48. The predicted molar refractivity (Wildman–Crippen MR) is 117 cm³/mol. The molecule has 3 aromatic rings. The number of rotatable bonds is 6. The molecule has 0 saturated carbocycles. The van der Waals surface area contributed by atoms with E-state index in [0.29, 0.717) is 11.2 Å². The van der Waals surface area contributed by atoms with Gasteiger partial charge in [-0.05, 0) is 61.6 Å². The van der Waals surface area contributed by atoms with Crippen LogP contribution in [0.25, 0.3) is 0 Å². The Kier molecular flexibility index (Phi) is 6.02. The summed E-state index contributed by atoms with van der Waals surface area (Å²) in [6.45, 7) is 5.58. The van der Waals surface area contributed by atoms with Crippen LogP contribution in [-0.2, 0) is 17.8 Å². The molecule has 0 aliphatic carbocycles. The van der Waals surface area contributed by atoms with E-state index in [4.69, 9.17) is 0 Å². The number of hydrogen-bond donors (Lipinski definition) is 1. The third-order valence-corrected chi connectivity index (χ3v) is 6.29. The zero-order valence-electron chi connectivity index (χ0n) is 16.9. The van der Waals surface area contributed by atoms with Crippen molar-refractivity contribution in [2.45, 2.75) is 45.7 Å². The maximum absolute atomic E-state index is 11.3. The van der Waals surface area contributed by atoms with Crippen LogP contribution in [0, 0.1) is 6.92 Å². The van der Waals surface area contributed by atoms with Gasteiger partial charge in [0.2, 0.25) is 5.91 Å². The monoisotopic (exact) mass is 406 g/mol. The molecule has 0 unspecified atom stereocenters. The van der Waals surface area contributed by atoms with Gasteiger partial charge in [0, 0.05) is 42.5 Å². The maximum Gasteiger partial charge on any atom is 0.223 e. The average molecular weight is 407 g/mol. The summed E-state index contributed by atoms with van der Waals surface area (Å²) < 4.78 is 0. The number of pyridine rings is 1. The molecule has 29 heavy (non-hydrogen) atoms. The number of aryl methyl sites for hydroxylation is 1. The number of carbonyl (C=O) groups excluding carboxylic acids is 1. The van der Waals surface area contributed by atoms with Gasteiger partial charge in [0.15, 0.2) is 5.13 Å². The zero-order chi connectivity index (χ0) is 20.2. The molecule has 1 aliphatic rings. The highest BCUT2D eigenvalue weighted by Gasteiger charge is 2.27. The highest BCUT2D eigenvalue weighted by molar-refractivity contribution is 7.15. The fraction of sp³-hybridized carbons (Fsp3) is 0.348. The van der Waals surface area contributed by atoms with Crippen LogP contribution in [0.5, 0.6) is 0 Å². The van der Waals surface area contributed by atoms with E-state index >= 15 is 0 Å². The van der Waals surface area contributed by atoms with Crippen molar-refractivity contribution in [3.63, 3.8) is 0 Å². The Labute approximate surface area is 175 Å². The number of anilines is 1. The van der Waals surface area contributed by atoms with Gasteiger partial charge in [0.05, 0.1) is 0 Å². The van der Waals surface area contributed by atoms with E-state index in [1.165, 1.54) is 34.9 Å². The van der Waals surface area contributed by atoms with Crippen molar-refractivity contribution in [3.05, 3.63) is 76.1 Å². The Hall–Kier alpha value is -2.57. The highest BCUT2D eigenvalue weighted by atomic mass is 32.1. The minimum atomic E-state index is -0.0730. The summed E-state index contributed by atoms with van der Waals surface area (Å²) in [4.78, 5) is 23.6. The number of likely N-dealkylation sites (tertiary alicyclic amines) is 1. The van der Waals surface area contributed by atoms with Crippen LogP contribution < -0.4 is 5.32 Å². The van der Waals surface area contributed by atoms with Gasteiger partial charge in [-0.2, -0.15) is 0 Å². The van der Waals surface area contributed by atoms with Crippen LogP contribution >= 0.6 is 11.3 Å². The summed E-state index contributed by atoms with van der Waals surface area (Å²) in [6, 6.07) is 13.6. The molecule has 1 atom stereocenters. The minimum absolute atomic E-state index is 0.0730. The molecule has 3 heterocycles. The number of aromatic nitrogens is 2. The molecule has 6 heteroatoms. The van der Waals surface area contributed by atoms with Crippen molar-refractivity contribution in [1.82, 2.24) is 14.9 Å². The van der Waals surface area contributed by atoms with Crippen LogP contribution in [0.2, 0.25) is 0 Å². The van der Waals surface area contributed by atoms with Gasteiger partial charge in [-0.1, -0.05) is 24.3 Å². The molecule has 0 radical (unpaired) electrons. The molecule has 1 saturated heterocycles. The number of benzene rings is 1. The minimum Gasteiger partial charge on any atom is -0.302 e. The molecule has 4 rings (SSSR count). The summed E-state index contributed by atoms with van der Waals surface area (Å²) in [6.07, 6.45) is 7.06. The van der Waals surface area contributed by atoms with E-state index in [-0.39, 0.29) is 5.91 Å². The van der Waals surface area contributed by atoms with E-state index in [1.807, 2.05) is 19.3 Å². The largest absolute Gasteiger partial charge is 0.302 e. The molecule has 5 nitrogen and oxygen atoms in total. The molecule has 1 amide bonds. The molecule has 1 aromatic carbocycles. The fourth-order valence-electron chi connectivity index (χ4n) is 3.93. The first-order valence-corrected chi connectivity index (χ1v) is 10.9. The topological polar surface area (TPSA) is 58.1 Å². The average Bonchev–Trinajstić information content (AvgIpc) is 3.32. The van der Waals surface area contributed by atoms with Crippen molar-refractivity contribution in [1.29, 1.82) is 0 Å². The second-order valence-electron chi connectivity index (χ2n) is 7.68. The molecule has 2 aromatic heterocycles. The number of amides is 1. The van der Waals surface area contributed by atoms with Gasteiger partial charge in [-0.3, -0.25) is 14.7 Å². The Balaban J connectivity index is 1.40. The molecule has 1 aliphatic heterocycles. The first kappa shape index (κ1) is 19.7. The summed E-state index contributed by atoms with van der Waals surface area (Å²) in [5.41, 5.74) is 5.01. The van der Waals surface area contributed by atoms with Crippen molar-refractivity contribution in [3.8, 4) is 0 Å². The first-order chi connectivity index (χ1) is 14.1. The van der Waals surface area contributed by atoms with Gasteiger partial charge < -0.3 is 5.32 Å². The standard InChI is InChI=1S/C23H26N4OS/c1-16-12-20(9-10-24-16)13-18-5-7-19(8-6-18)15-27-11-3-4-21(27)22-14-25-23(29-22)26-17(2)28/h5-10,12,14,21H,3-4,11,13,15H2,1-2H3,(H,25,26,28)/t21-/m1/s1. The first-order valence-electron chi connectivity index (χ1n) is 10.0. The molecule has 1 fully saturated rings. The lowest BCUT2D eigenvalue weighted by Gasteiger charge is -2.23. The maximum atomic E-state index is 11.3. The van der Waals surface area contributed by atoms with E-state index in [2.05, 4.69) is 56.6 Å². The molecule has 0 spiro atoms. The van der Waals surface area contributed by atoms with Crippen LogP contribution in [0.4, 0.5) is 5.13 Å². The van der Waals surface area contributed by atoms with E-state index in [9.17, 15) is 4.79 Å². The van der Waals surface area contributed by atoms with Crippen LogP contribution in [0.15, 0.2) is 48.8 Å². The lowest BCUT2D eigenvalue weighted by molar-refractivity contribution is -0.114. The van der Waals surface area contributed by atoms with Gasteiger partial charge in [0.25, 0.3) is 0 Å². The van der Waals surface area contributed by atoms with Gasteiger partial charge in [-0.15, -0.1) is 11.3 Å². The van der Waals surface area contributed by atoms with Crippen LogP contribution in [0.3, 0.4) is 0 Å². The summed E-state index contributed by atoms with van der Waals surface area (Å²) in [7, 11) is 0. The Morgan fingerprint density at radius 3 is 2.72 bits per heavy atom.